The average Bonchev–Trinajstić information content (AvgIpc) is 3.54. The van der Waals surface area contributed by atoms with E-state index < -0.39 is 23.9 Å². The Morgan fingerprint density at radius 2 is 1.97 bits per heavy atom. The van der Waals surface area contributed by atoms with E-state index in [2.05, 4.69) is 25.8 Å². The molecule has 3 aromatic rings. The van der Waals surface area contributed by atoms with E-state index >= 15 is 0 Å². The number of piperidine rings is 1. The van der Waals surface area contributed by atoms with Crippen LogP contribution >= 0.6 is 0 Å². The van der Waals surface area contributed by atoms with Crippen LogP contribution in [0.1, 0.15) is 67.6 Å². The van der Waals surface area contributed by atoms with E-state index in [1.807, 2.05) is 37.3 Å². The van der Waals surface area contributed by atoms with Gasteiger partial charge in [0.25, 0.3) is 5.91 Å². The summed E-state index contributed by atoms with van der Waals surface area (Å²) in [5.74, 6) is -0.193. The molecule has 0 radical (unpaired) electrons. The van der Waals surface area contributed by atoms with E-state index in [1.165, 1.54) is 6.07 Å². The lowest BCUT2D eigenvalue weighted by molar-refractivity contribution is -0.137. The first kappa shape index (κ1) is 25.2. The topological polar surface area (TPSA) is 133 Å². The van der Waals surface area contributed by atoms with Crippen LogP contribution in [0.15, 0.2) is 47.1 Å². The Morgan fingerprint density at radius 1 is 1.19 bits per heavy atom. The largest absolute Gasteiger partial charge is 0.361 e. The lowest BCUT2D eigenvalue weighted by Gasteiger charge is -2.34. The van der Waals surface area contributed by atoms with Crippen LogP contribution in [0, 0.1) is 6.92 Å². The quantitative estimate of drug-likeness (QED) is 0.442. The van der Waals surface area contributed by atoms with E-state index in [0.29, 0.717) is 18.1 Å². The first-order valence-corrected chi connectivity index (χ1v) is 12.3. The maximum Gasteiger partial charge on any atom is 0.274 e. The third-order valence-electron chi connectivity index (χ3n) is 6.43. The summed E-state index contributed by atoms with van der Waals surface area (Å²) in [4.78, 5) is 48.6. The van der Waals surface area contributed by atoms with Crippen molar-refractivity contribution in [3.05, 3.63) is 59.9 Å². The van der Waals surface area contributed by atoms with Crippen LogP contribution in [0.25, 0.3) is 11.3 Å². The SMILES string of the molecule is Cc1cc(C(=O)N[C@@H](CC(=O)N2CCCC[C@@H]2C)C(=O)N[C@@H](C)c2ncc(-c3ccccc3)[nH]2)no1. The minimum atomic E-state index is -1.08. The van der Waals surface area contributed by atoms with Crippen molar-refractivity contribution >= 4 is 17.7 Å². The average molecular weight is 493 g/mol. The van der Waals surface area contributed by atoms with Crippen molar-refractivity contribution in [2.75, 3.05) is 6.54 Å². The van der Waals surface area contributed by atoms with Crippen molar-refractivity contribution in [2.45, 2.75) is 64.6 Å². The molecule has 3 atom stereocenters. The molecule has 3 amide bonds. The number of nitrogens with zero attached hydrogens (tertiary/aromatic N) is 3. The molecule has 3 N–H and O–H groups in total. The van der Waals surface area contributed by atoms with Gasteiger partial charge in [0.2, 0.25) is 11.8 Å². The molecular weight excluding hydrogens is 460 g/mol. The van der Waals surface area contributed by atoms with Gasteiger partial charge in [-0.05, 0) is 45.6 Å². The number of aryl methyl sites for hydroxylation is 1. The highest BCUT2D eigenvalue weighted by Crippen LogP contribution is 2.20. The highest BCUT2D eigenvalue weighted by molar-refractivity contribution is 5.97. The van der Waals surface area contributed by atoms with Gasteiger partial charge >= 0.3 is 0 Å². The number of benzene rings is 1. The van der Waals surface area contributed by atoms with Crippen LogP contribution in [0.4, 0.5) is 0 Å². The number of rotatable bonds is 8. The van der Waals surface area contributed by atoms with Crippen molar-refractivity contribution in [1.29, 1.82) is 0 Å². The standard InChI is InChI=1S/C26H32N6O4/c1-16-9-7-8-12-32(16)23(33)14-20(30-26(35)21-13-17(2)36-31-21)25(34)28-18(3)24-27-15-22(29-24)19-10-5-4-6-11-19/h4-6,10-11,13,15-16,18,20H,7-9,12,14H2,1-3H3,(H,27,29)(H,28,34)(H,30,35)/t16-,18-,20-/m0/s1. The third-order valence-corrected chi connectivity index (χ3v) is 6.43. The zero-order chi connectivity index (χ0) is 25.7. The van der Waals surface area contributed by atoms with Crippen molar-refractivity contribution < 1.29 is 18.9 Å². The number of imidazole rings is 1. The van der Waals surface area contributed by atoms with Crippen LogP contribution in [0.5, 0.6) is 0 Å². The molecule has 10 nitrogen and oxygen atoms in total. The van der Waals surface area contributed by atoms with E-state index in [4.69, 9.17) is 4.52 Å². The number of H-pyrrole nitrogens is 1. The molecule has 1 fully saturated rings. The molecule has 36 heavy (non-hydrogen) atoms. The van der Waals surface area contributed by atoms with Gasteiger partial charge in [0, 0.05) is 18.7 Å². The third kappa shape index (κ3) is 5.99. The summed E-state index contributed by atoms with van der Waals surface area (Å²) in [6.07, 6.45) is 4.48. The summed E-state index contributed by atoms with van der Waals surface area (Å²) in [5, 5.41) is 9.27. The van der Waals surface area contributed by atoms with Gasteiger partial charge in [-0.3, -0.25) is 14.4 Å². The predicted octanol–water partition coefficient (Wildman–Crippen LogP) is 3.14. The van der Waals surface area contributed by atoms with E-state index in [1.54, 1.807) is 24.9 Å². The molecule has 10 heteroatoms. The van der Waals surface area contributed by atoms with E-state index in [-0.39, 0.29) is 24.1 Å². The highest BCUT2D eigenvalue weighted by Gasteiger charge is 2.31. The number of amides is 3. The van der Waals surface area contributed by atoms with Gasteiger partial charge in [0.15, 0.2) is 5.69 Å². The molecule has 3 heterocycles. The molecule has 1 saturated heterocycles. The van der Waals surface area contributed by atoms with Gasteiger partial charge < -0.3 is 25.0 Å². The number of hydrogen-bond donors (Lipinski definition) is 3. The number of hydrogen-bond acceptors (Lipinski definition) is 6. The second-order valence-corrected chi connectivity index (χ2v) is 9.26. The number of nitrogens with one attached hydrogen (secondary N) is 3. The molecule has 0 spiro atoms. The smallest absolute Gasteiger partial charge is 0.274 e. The van der Waals surface area contributed by atoms with E-state index in [0.717, 1.165) is 30.5 Å². The van der Waals surface area contributed by atoms with Crippen molar-refractivity contribution in [3.8, 4) is 11.3 Å². The Balaban J connectivity index is 1.47. The van der Waals surface area contributed by atoms with Crippen LogP contribution in [-0.4, -0.2) is 56.4 Å². The number of carbonyl (C=O) groups excluding carboxylic acids is 3. The zero-order valence-electron chi connectivity index (χ0n) is 20.8. The molecule has 1 aromatic carbocycles. The second-order valence-electron chi connectivity index (χ2n) is 9.26. The molecule has 0 bridgehead atoms. The van der Waals surface area contributed by atoms with Gasteiger partial charge in [-0.25, -0.2) is 4.98 Å². The molecule has 2 aromatic heterocycles. The molecule has 1 aliphatic heterocycles. The van der Waals surface area contributed by atoms with Gasteiger partial charge in [-0.1, -0.05) is 35.5 Å². The molecule has 0 saturated carbocycles. The second kappa shape index (κ2) is 11.2. The Bertz CT molecular complexity index is 1200. The molecule has 0 unspecified atom stereocenters. The Morgan fingerprint density at radius 3 is 2.67 bits per heavy atom. The predicted molar refractivity (Wildman–Crippen MR) is 133 cm³/mol. The lowest BCUT2D eigenvalue weighted by atomic mass is 10.0. The Kier molecular flexibility index (Phi) is 7.82. The maximum absolute atomic E-state index is 13.3. The van der Waals surface area contributed by atoms with Gasteiger partial charge in [-0.15, -0.1) is 0 Å². The fraction of sp³-hybridized carbons (Fsp3) is 0.423. The number of aromatic amines is 1. The Hall–Kier alpha value is -3.95. The van der Waals surface area contributed by atoms with Crippen molar-refractivity contribution in [3.63, 3.8) is 0 Å². The van der Waals surface area contributed by atoms with Crippen LogP contribution < -0.4 is 10.6 Å². The minimum Gasteiger partial charge on any atom is -0.361 e. The number of aromatic nitrogens is 3. The van der Waals surface area contributed by atoms with Gasteiger partial charge in [-0.2, -0.15) is 0 Å². The number of likely N-dealkylation sites (tertiary alicyclic amines) is 1. The fourth-order valence-corrected chi connectivity index (χ4v) is 4.38. The summed E-state index contributed by atoms with van der Waals surface area (Å²) in [6.45, 7) is 6.12. The molecule has 0 aliphatic carbocycles. The molecular formula is C26H32N6O4. The summed E-state index contributed by atoms with van der Waals surface area (Å²) in [7, 11) is 0. The Labute approximate surface area is 209 Å². The molecule has 190 valence electrons. The van der Waals surface area contributed by atoms with Crippen LogP contribution in [0.2, 0.25) is 0 Å². The summed E-state index contributed by atoms with van der Waals surface area (Å²) in [5.41, 5.74) is 1.85. The number of carbonyl (C=O) groups is 3. The first-order valence-electron chi connectivity index (χ1n) is 12.3. The zero-order valence-corrected chi connectivity index (χ0v) is 20.8. The minimum absolute atomic E-state index is 0.0516. The maximum atomic E-state index is 13.3. The summed E-state index contributed by atoms with van der Waals surface area (Å²) in [6, 6.07) is 9.75. The normalized spacial score (nSPS) is 17.3. The molecule has 1 aliphatic rings. The lowest BCUT2D eigenvalue weighted by Crippen LogP contribution is -2.51. The monoisotopic (exact) mass is 492 g/mol. The van der Waals surface area contributed by atoms with E-state index in [9.17, 15) is 14.4 Å². The van der Waals surface area contributed by atoms with Crippen LogP contribution in [0.3, 0.4) is 0 Å². The first-order chi connectivity index (χ1) is 17.3. The fourth-order valence-electron chi connectivity index (χ4n) is 4.38. The summed E-state index contributed by atoms with van der Waals surface area (Å²) >= 11 is 0. The highest BCUT2D eigenvalue weighted by atomic mass is 16.5. The summed E-state index contributed by atoms with van der Waals surface area (Å²) < 4.78 is 4.98. The van der Waals surface area contributed by atoms with Crippen LogP contribution in [-0.2, 0) is 9.59 Å². The van der Waals surface area contributed by atoms with Crippen molar-refractivity contribution in [2.24, 2.45) is 0 Å². The molecule has 4 rings (SSSR count). The van der Waals surface area contributed by atoms with Gasteiger partial charge in [0.1, 0.15) is 17.6 Å². The van der Waals surface area contributed by atoms with Crippen molar-refractivity contribution in [1.82, 2.24) is 30.7 Å². The van der Waals surface area contributed by atoms with Gasteiger partial charge in [0.05, 0.1) is 24.4 Å².